The predicted molar refractivity (Wildman–Crippen MR) is 174 cm³/mol. The van der Waals surface area contributed by atoms with Crippen LogP contribution >= 0.6 is 11.3 Å². The van der Waals surface area contributed by atoms with E-state index in [-0.39, 0.29) is 6.71 Å². The molecule has 3 aliphatic rings. The van der Waals surface area contributed by atoms with Crippen molar-refractivity contribution in [3.63, 3.8) is 0 Å². The second kappa shape index (κ2) is 9.42. The molecule has 196 valence electrons. The molecule has 0 radical (unpaired) electrons. The number of hydrogen-bond acceptors (Lipinski definition) is 3. The predicted octanol–water partition coefficient (Wildman–Crippen LogP) is 7.91. The first kappa shape index (κ1) is 24.1. The van der Waals surface area contributed by atoms with Crippen LogP contribution in [0.3, 0.4) is 0 Å². The van der Waals surface area contributed by atoms with Crippen LogP contribution in [0.25, 0.3) is 0 Å². The molecule has 4 heteroatoms. The number of nitrogens with zero attached hydrogens (tertiary/aromatic N) is 2. The Morgan fingerprint density at radius 3 is 2.08 bits per heavy atom. The summed E-state index contributed by atoms with van der Waals surface area (Å²) in [6.45, 7) is 4.92. The van der Waals surface area contributed by atoms with Gasteiger partial charge in [-0.25, -0.2) is 0 Å². The van der Waals surface area contributed by atoms with Crippen molar-refractivity contribution in [2.75, 3.05) is 9.80 Å². The largest absolute Gasteiger partial charge is 0.311 e. The van der Waals surface area contributed by atoms with Crippen molar-refractivity contribution in [1.82, 2.24) is 0 Å². The Hall–Kier alpha value is -3.76. The van der Waals surface area contributed by atoms with Gasteiger partial charge >= 0.3 is 0 Å². The zero-order valence-corrected chi connectivity index (χ0v) is 24.0. The van der Waals surface area contributed by atoms with E-state index in [0.717, 1.165) is 6.42 Å². The van der Waals surface area contributed by atoms with Crippen molar-refractivity contribution in [3.8, 4) is 0 Å². The van der Waals surface area contributed by atoms with Gasteiger partial charge in [0.1, 0.15) is 0 Å². The third-order valence-electron chi connectivity index (χ3n) is 8.78. The fourth-order valence-corrected chi connectivity index (χ4v) is 8.77. The Kier molecular flexibility index (Phi) is 5.67. The molecular formula is C36H33BN2S. The van der Waals surface area contributed by atoms with Crippen molar-refractivity contribution in [2.24, 2.45) is 5.92 Å². The van der Waals surface area contributed by atoms with E-state index in [4.69, 9.17) is 0 Å². The fourth-order valence-electron chi connectivity index (χ4n) is 7.26. The Labute approximate surface area is 242 Å². The minimum absolute atomic E-state index is 0.250. The fraction of sp³-hybridized carbons (Fsp3) is 0.222. The Bertz CT molecular complexity index is 1720. The molecule has 5 aromatic rings. The quantitative estimate of drug-likeness (QED) is 0.211. The normalized spacial score (nSPS) is 15.0. The van der Waals surface area contributed by atoms with Gasteiger partial charge in [-0.1, -0.05) is 68.4 Å². The second-order valence-corrected chi connectivity index (χ2v) is 13.0. The molecule has 0 saturated heterocycles. The highest BCUT2D eigenvalue weighted by atomic mass is 32.1. The highest BCUT2D eigenvalue weighted by Gasteiger charge is 2.46. The average Bonchev–Trinajstić information content (AvgIpc) is 3.37. The van der Waals surface area contributed by atoms with Crippen LogP contribution in [0.2, 0.25) is 0 Å². The summed E-state index contributed by atoms with van der Waals surface area (Å²) in [5.41, 5.74) is 13.8. The summed E-state index contributed by atoms with van der Waals surface area (Å²) in [6.07, 6.45) is 6.04. The molecule has 1 aliphatic carbocycles. The van der Waals surface area contributed by atoms with E-state index in [1.165, 1.54) is 81.1 Å². The van der Waals surface area contributed by atoms with E-state index in [2.05, 4.69) is 132 Å². The first-order valence-corrected chi connectivity index (χ1v) is 15.6. The minimum Gasteiger partial charge on any atom is -0.311 e. The molecule has 2 aliphatic heterocycles. The number of para-hydroxylation sites is 3. The second-order valence-electron chi connectivity index (χ2n) is 11.9. The molecular weight excluding hydrogens is 503 g/mol. The highest BCUT2D eigenvalue weighted by molar-refractivity contribution is 7.29. The molecule has 0 atom stereocenters. The summed E-state index contributed by atoms with van der Waals surface area (Å²) >= 11 is 2.09. The van der Waals surface area contributed by atoms with Crippen LogP contribution in [0.5, 0.6) is 0 Å². The van der Waals surface area contributed by atoms with Crippen molar-refractivity contribution >= 4 is 67.9 Å². The first-order valence-electron chi connectivity index (χ1n) is 14.8. The van der Waals surface area contributed by atoms with Gasteiger partial charge in [0.15, 0.2) is 0 Å². The van der Waals surface area contributed by atoms with E-state index < -0.39 is 0 Å². The molecule has 0 saturated carbocycles. The van der Waals surface area contributed by atoms with Gasteiger partial charge in [-0.2, -0.15) is 11.3 Å². The lowest BCUT2D eigenvalue weighted by Crippen LogP contribution is -2.60. The lowest BCUT2D eigenvalue weighted by molar-refractivity contribution is 0.647. The summed E-state index contributed by atoms with van der Waals surface area (Å²) < 4.78 is 1.53. The van der Waals surface area contributed by atoms with Crippen molar-refractivity contribution in [3.05, 3.63) is 113 Å². The standard InChI is InChI=1S/C36H33BN2S/c1-24(2)21-25-22-31-34-32(23-25)39(27-15-7-4-8-16-27)35-28-17-9-12-20-33(28)40-36(35)37(34)29-18-10-11-19-30(29)38(31)26-13-5-3-6-14-26/h3-8,10-11,13-16,18-19,22-24H,9,12,17,20-21H2,1-2H3. The zero-order valence-electron chi connectivity index (χ0n) is 23.2. The average molecular weight is 537 g/mol. The maximum Gasteiger partial charge on any atom is 0.264 e. The molecule has 0 spiro atoms. The summed E-state index contributed by atoms with van der Waals surface area (Å²) in [6, 6.07) is 36.2. The number of benzene rings is 4. The summed E-state index contributed by atoms with van der Waals surface area (Å²) in [4.78, 5) is 6.76. The molecule has 2 nitrogen and oxygen atoms in total. The van der Waals surface area contributed by atoms with Gasteiger partial charge in [-0.15, -0.1) is 0 Å². The summed E-state index contributed by atoms with van der Waals surface area (Å²) in [5.74, 6) is 0.584. The lowest BCUT2D eigenvalue weighted by atomic mass is 9.36. The van der Waals surface area contributed by atoms with Gasteiger partial charge in [-0.05, 0) is 103 Å². The summed E-state index contributed by atoms with van der Waals surface area (Å²) in [7, 11) is 0. The molecule has 0 N–H and O–H groups in total. The van der Waals surface area contributed by atoms with Crippen LogP contribution in [0.15, 0.2) is 97.1 Å². The molecule has 0 fully saturated rings. The maximum absolute atomic E-state index is 2.63. The Morgan fingerprint density at radius 1 is 0.725 bits per heavy atom. The van der Waals surface area contributed by atoms with Gasteiger partial charge in [0.2, 0.25) is 0 Å². The van der Waals surface area contributed by atoms with Crippen molar-refractivity contribution in [1.29, 1.82) is 0 Å². The van der Waals surface area contributed by atoms with Crippen molar-refractivity contribution in [2.45, 2.75) is 46.0 Å². The van der Waals surface area contributed by atoms with Crippen LogP contribution < -0.4 is 25.5 Å². The number of fused-ring (bicyclic) bond motifs is 6. The van der Waals surface area contributed by atoms with Crippen LogP contribution in [-0.4, -0.2) is 6.71 Å². The molecule has 0 bridgehead atoms. The van der Waals surface area contributed by atoms with E-state index in [0.29, 0.717) is 5.92 Å². The van der Waals surface area contributed by atoms with E-state index in [9.17, 15) is 0 Å². The molecule has 40 heavy (non-hydrogen) atoms. The number of hydrogen-bond donors (Lipinski definition) is 0. The molecule has 1 aromatic heterocycles. The number of aryl methyl sites for hydroxylation is 1. The number of rotatable bonds is 4. The third kappa shape index (κ3) is 3.62. The highest BCUT2D eigenvalue weighted by Crippen LogP contribution is 2.48. The van der Waals surface area contributed by atoms with E-state index in [1.807, 2.05) is 0 Å². The van der Waals surface area contributed by atoms with Crippen LogP contribution in [0.1, 0.15) is 42.7 Å². The topological polar surface area (TPSA) is 6.48 Å². The number of thiophene rings is 1. The SMILES string of the molecule is CC(C)Cc1cc2c3c(c1)N(c1ccccc1)c1c(sc4c1CCCC4)B3c1ccccc1N2c1ccccc1. The van der Waals surface area contributed by atoms with Crippen LogP contribution in [0, 0.1) is 5.92 Å². The van der Waals surface area contributed by atoms with E-state index >= 15 is 0 Å². The lowest BCUT2D eigenvalue weighted by Gasteiger charge is -2.43. The molecule has 8 rings (SSSR count). The van der Waals surface area contributed by atoms with Crippen LogP contribution in [0.4, 0.5) is 34.1 Å². The maximum atomic E-state index is 2.63. The first-order chi connectivity index (χ1) is 19.7. The van der Waals surface area contributed by atoms with Gasteiger partial charge in [0.25, 0.3) is 6.71 Å². The van der Waals surface area contributed by atoms with Gasteiger partial charge in [-0.3, -0.25) is 0 Å². The zero-order chi connectivity index (χ0) is 26.8. The Morgan fingerprint density at radius 2 is 1.35 bits per heavy atom. The monoisotopic (exact) mass is 536 g/mol. The smallest absolute Gasteiger partial charge is 0.264 e. The molecule has 0 unspecified atom stereocenters. The summed E-state index contributed by atoms with van der Waals surface area (Å²) in [5, 5.41) is 0. The molecule has 0 amide bonds. The van der Waals surface area contributed by atoms with Gasteiger partial charge < -0.3 is 9.80 Å². The van der Waals surface area contributed by atoms with E-state index in [1.54, 1.807) is 10.4 Å². The Balaban J connectivity index is 1.49. The molecule has 4 aromatic carbocycles. The van der Waals surface area contributed by atoms with Crippen LogP contribution in [-0.2, 0) is 19.3 Å². The number of anilines is 6. The minimum atomic E-state index is 0.250. The van der Waals surface area contributed by atoms with Crippen molar-refractivity contribution < 1.29 is 0 Å². The van der Waals surface area contributed by atoms with Gasteiger partial charge in [0, 0.05) is 38.1 Å². The van der Waals surface area contributed by atoms with Gasteiger partial charge in [0.05, 0.1) is 5.69 Å². The third-order valence-corrected chi connectivity index (χ3v) is 10.1. The molecule has 3 heterocycles.